The third-order valence-corrected chi connectivity index (χ3v) is 3.35. The smallest absolute Gasteiger partial charge is 0.232 e. The zero-order chi connectivity index (χ0) is 11.5. The van der Waals surface area contributed by atoms with Gasteiger partial charge in [-0.3, -0.25) is 4.72 Å². The quantitative estimate of drug-likeness (QED) is 0.822. The molecule has 1 aromatic rings. The Bertz CT molecular complexity index is 409. The standard InChI is InChI=1S/C10H15NO3S/c1-3-15(13,14)11-10-6-4-9(5-7-10)8(2)12/h4-8,11-12H,3H2,1-2H3/t8-/m0/s1. The first-order chi connectivity index (χ1) is 6.94. The van der Waals surface area contributed by atoms with E-state index in [0.717, 1.165) is 5.56 Å². The molecule has 0 spiro atoms. The average Bonchev–Trinajstić information content (AvgIpc) is 2.18. The average molecular weight is 229 g/mol. The van der Waals surface area contributed by atoms with Gasteiger partial charge in [0, 0.05) is 5.69 Å². The highest BCUT2D eigenvalue weighted by molar-refractivity contribution is 7.92. The molecule has 4 nitrogen and oxygen atoms in total. The molecule has 0 saturated heterocycles. The van der Waals surface area contributed by atoms with Crippen LogP contribution in [0.5, 0.6) is 0 Å². The van der Waals surface area contributed by atoms with Crippen LogP contribution in [0.25, 0.3) is 0 Å². The topological polar surface area (TPSA) is 66.4 Å². The molecular weight excluding hydrogens is 214 g/mol. The van der Waals surface area contributed by atoms with Crippen molar-refractivity contribution in [2.24, 2.45) is 0 Å². The second-order valence-corrected chi connectivity index (χ2v) is 5.31. The van der Waals surface area contributed by atoms with Crippen LogP contribution in [-0.2, 0) is 10.0 Å². The number of hydrogen-bond acceptors (Lipinski definition) is 3. The number of benzene rings is 1. The third kappa shape index (κ3) is 3.53. The van der Waals surface area contributed by atoms with Gasteiger partial charge in [-0.25, -0.2) is 8.42 Å². The van der Waals surface area contributed by atoms with Crippen LogP contribution in [0, 0.1) is 0 Å². The van der Waals surface area contributed by atoms with E-state index in [0.29, 0.717) is 5.69 Å². The molecule has 84 valence electrons. The Morgan fingerprint density at radius 2 is 1.87 bits per heavy atom. The maximum atomic E-state index is 11.2. The Labute approximate surface area is 90.0 Å². The predicted molar refractivity (Wildman–Crippen MR) is 60.2 cm³/mol. The number of hydrogen-bond donors (Lipinski definition) is 2. The van der Waals surface area contributed by atoms with Gasteiger partial charge in [-0.05, 0) is 31.5 Å². The molecule has 0 heterocycles. The molecule has 0 saturated carbocycles. The van der Waals surface area contributed by atoms with Crippen LogP contribution in [0.3, 0.4) is 0 Å². The number of aliphatic hydroxyl groups excluding tert-OH is 1. The van der Waals surface area contributed by atoms with E-state index >= 15 is 0 Å². The van der Waals surface area contributed by atoms with Gasteiger partial charge >= 0.3 is 0 Å². The second kappa shape index (κ2) is 4.63. The molecule has 5 heteroatoms. The number of rotatable bonds is 4. The summed E-state index contributed by atoms with van der Waals surface area (Å²) >= 11 is 0. The molecule has 0 radical (unpaired) electrons. The van der Waals surface area contributed by atoms with E-state index in [4.69, 9.17) is 0 Å². The van der Waals surface area contributed by atoms with Crippen LogP contribution in [0.15, 0.2) is 24.3 Å². The van der Waals surface area contributed by atoms with Crippen LogP contribution >= 0.6 is 0 Å². The van der Waals surface area contributed by atoms with Crippen molar-refractivity contribution in [3.8, 4) is 0 Å². The van der Waals surface area contributed by atoms with E-state index in [9.17, 15) is 13.5 Å². The van der Waals surface area contributed by atoms with E-state index in [1.165, 1.54) is 0 Å². The minimum absolute atomic E-state index is 0.0468. The highest BCUT2D eigenvalue weighted by Gasteiger charge is 2.06. The summed E-state index contributed by atoms with van der Waals surface area (Å²) in [4.78, 5) is 0. The lowest BCUT2D eigenvalue weighted by atomic mass is 10.1. The molecule has 0 aromatic heterocycles. The Hall–Kier alpha value is -1.07. The Kier molecular flexibility index (Phi) is 3.71. The van der Waals surface area contributed by atoms with Gasteiger partial charge in [-0.2, -0.15) is 0 Å². The lowest BCUT2D eigenvalue weighted by Crippen LogP contribution is -2.14. The summed E-state index contributed by atoms with van der Waals surface area (Å²) in [6.45, 7) is 3.23. The van der Waals surface area contributed by atoms with E-state index in [-0.39, 0.29) is 5.75 Å². The molecule has 0 unspecified atom stereocenters. The lowest BCUT2D eigenvalue weighted by Gasteiger charge is -2.08. The van der Waals surface area contributed by atoms with Gasteiger partial charge in [0.1, 0.15) is 0 Å². The molecule has 15 heavy (non-hydrogen) atoms. The Morgan fingerprint density at radius 1 is 1.33 bits per heavy atom. The van der Waals surface area contributed by atoms with Gasteiger partial charge in [0.25, 0.3) is 0 Å². The van der Waals surface area contributed by atoms with Gasteiger partial charge < -0.3 is 5.11 Å². The summed E-state index contributed by atoms with van der Waals surface area (Å²) in [5.41, 5.74) is 1.27. The van der Waals surface area contributed by atoms with Crippen LogP contribution in [0.2, 0.25) is 0 Å². The number of anilines is 1. The van der Waals surface area contributed by atoms with E-state index in [2.05, 4.69) is 4.72 Å². The SMILES string of the molecule is CCS(=O)(=O)Nc1ccc([C@H](C)O)cc1. The highest BCUT2D eigenvalue weighted by atomic mass is 32.2. The first kappa shape index (κ1) is 12.0. The van der Waals surface area contributed by atoms with E-state index < -0.39 is 16.1 Å². The Balaban J connectivity index is 2.82. The van der Waals surface area contributed by atoms with E-state index in [1.807, 2.05) is 0 Å². The van der Waals surface area contributed by atoms with Crippen molar-refractivity contribution in [1.29, 1.82) is 0 Å². The first-order valence-corrected chi connectivity index (χ1v) is 6.38. The molecule has 2 N–H and O–H groups in total. The molecule has 0 aliphatic carbocycles. The lowest BCUT2D eigenvalue weighted by molar-refractivity contribution is 0.199. The van der Waals surface area contributed by atoms with Crippen molar-refractivity contribution in [3.63, 3.8) is 0 Å². The van der Waals surface area contributed by atoms with Gasteiger partial charge in [0.05, 0.1) is 11.9 Å². The van der Waals surface area contributed by atoms with E-state index in [1.54, 1.807) is 38.1 Å². The van der Waals surface area contributed by atoms with Crippen molar-refractivity contribution in [2.45, 2.75) is 20.0 Å². The summed E-state index contributed by atoms with van der Waals surface area (Å²) in [7, 11) is -3.22. The van der Waals surface area contributed by atoms with Gasteiger partial charge in [-0.15, -0.1) is 0 Å². The maximum absolute atomic E-state index is 11.2. The number of nitrogens with one attached hydrogen (secondary N) is 1. The van der Waals surface area contributed by atoms with Gasteiger partial charge in [-0.1, -0.05) is 12.1 Å². The molecule has 1 rings (SSSR count). The maximum Gasteiger partial charge on any atom is 0.232 e. The van der Waals surface area contributed by atoms with Crippen molar-refractivity contribution >= 4 is 15.7 Å². The minimum atomic E-state index is -3.22. The molecule has 0 bridgehead atoms. The predicted octanol–water partition coefficient (Wildman–Crippen LogP) is 1.50. The molecule has 0 aliphatic heterocycles. The van der Waals surface area contributed by atoms with Crippen molar-refractivity contribution in [1.82, 2.24) is 0 Å². The van der Waals surface area contributed by atoms with Crippen LogP contribution in [-0.4, -0.2) is 19.3 Å². The van der Waals surface area contributed by atoms with Crippen molar-refractivity contribution in [2.75, 3.05) is 10.5 Å². The molecular formula is C10H15NO3S. The fourth-order valence-electron chi connectivity index (χ4n) is 1.08. The zero-order valence-electron chi connectivity index (χ0n) is 8.77. The number of aliphatic hydroxyl groups is 1. The molecule has 0 aliphatic rings. The second-order valence-electron chi connectivity index (χ2n) is 3.30. The largest absolute Gasteiger partial charge is 0.389 e. The normalized spacial score (nSPS) is 13.5. The summed E-state index contributed by atoms with van der Waals surface area (Å²) in [5, 5.41) is 9.25. The Morgan fingerprint density at radius 3 is 2.27 bits per heavy atom. The summed E-state index contributed by atoms with van der Waals surface area (Å²) in [6.07, 6.45) is -0.540. The van der Waals surface area contributed by atoms with Crippen molar-refractivity contribution in [3.05, 3.63) is 29.8 Å². The van der Waals surface area contributed by atoms with Crippen molar-refractivity contribution < 1.29 is 13.5 Å². The fourth-order valence-corrected chi connectivity index (χ4v) is 1.72. The fraction of sp³-hybridized carbons (Fsp3) is 0.400. The molecule has 1 atom stereocenters. The first-order valence-electron chi connectivity index (χ1n) is 4.73. The molecule has 0 fully saturated rings. The van der Waals surface area contributed by atoms with Crippen LogP contribution < -0.4 is 4.72 Å². The highest BCUT2D eigenvalue weighted by Crippen LogP contribution is 2.16. The summed E-state index contributed by atoms with van der Waals surface area (Å²) in [5.74, 6) is 0.0468. The zero-order valence-corrected chi connectivity index (χ0v) is 9.58. The summed E-state index contributed by atoms with van der Waals surface area (Å²) < 4.78 is 24.9. The van der Waals surface area contributed by atoms with Crippen LogP contribution in [0.1, 0.15) is 25.5 Å². The van der Waals surface area contributed by atoms with Crippen LogP contribution in [0.4, 0.5) is 5.69 Å². The monoisotopic (exact) mass is 229 g/mol. The molecule has 0 amide bonds. The molecule has 1 aromatic carbocycles. The number of sulfonamides is 1. The summed E-state index contributed by atoms with van der Waals surface area (Å²) in [6, 6.07) is 6.65. The minimum Gasteiger partial charge on any atom is -0.389 e. The third-order valence-electron chi connectivity index (χ3n) is 2.05. The van der Waals surface area contributed by atoms with Gasteiger partial charge in [0.15, 0.2) is 0 Å². The van der Waals surface area contributed by atoms with Gasteiger partial charge in [0.2, 0.25) is 10.0 Å².